The lowest BCUT2D eigenvalue weighted by Crippen LogP contribution is -2.32. The van der Waals surface area contributed by atoms with Crippen molar-refractivity contribution in [3.63, 3.8) is 0 Å². The summed E-state index contributed by atoms with van der Waals surface area (Å²) in [4.78, 5) is 0. The van der Waals surface area contributed by atoms with Crippen LogP contribution in [-0.2, 0) is 4.57 Å². The van der Waals surface area contributed by atoms with Gasteiger partial charge < -0.3 is 0 Å². The fraction of sp³-hybridized carbons (Fsp3) is 1.00. The van der Waals surface area contributed by atoms with Gasteiger partial charge in [-0.15, -0.1) is 4.78 Å². The summed E-state index contributed by atoms with van der Waals surface area (Å²) in [6, 6.07) is 0. The fourth-order valence-electron chi connectivity index (χ4n) is 0.307. The van der Waals surface area contributed by atoms with Gasteiger partial charge in [0.15, 0.2) is 0 Å². The van der Waals surface area contributed by atoms with Crippen LogP contribution in [0.5, 0.6) is 0 Å². The number of hydrogen-bond acceptors (Lipinski definition) is 4. The predicted octanol–water partition coefficient (Wildman–Crippen LogP) is -1.02. The second-order valence-corrected chi connectivity index (χ2v) is 1.70. The minimum Gasteiger partial charge on any atom is -0.254 e. The first-order valence-corrected chi connectivity index (χ1v) is 2.54. The number of nitrogens with zero attached hydrogens (tertiary/aromatic N) is 1. The van der Waals surface area contributed by atoms with Crippen LogP contribution in [-0.4, -0.2) is 11.4 Å². The largest absolute Gasteiger partial charge is 0.266 e. The molecule has 1 rings (SSSR count). The molecular weight excluding hydrogens is 115 g/mol. The van der Waals surface area contributed by atoms with Crippen LogP contribution in [0.2, 0.25) is 0 Å². The van der Waals surface area contributed by atoms with Crippen LogP contribution < -0.4 is 16.5 Å². The van der Waals surface area contributed by atoms with Crippen molar-refractivity contribution < 1.29 is 4.57 Å². The Morgan fingerprint density at radius 2 is 2.57 bits per heavy atom. The van der Waals surface area contributed by atoms with Crippen LogP contribution in [0, 0.1) is 0 Å². The summed E-state index contributed by atoms with van der Waals surface area (Å²) in [5, 5.41) is 0. The maximum absolute atomic E-state index is 9.89. The van der Waals surface area contributed by atoms with E-state index < -0.39 is 0 Å². The molecule has 40 valence electrons. The molecule has 0 bridgehead atoms. The van der Waals surface area contributed by atoms with E-state index in [9.17, 15) is 4.57 Å². The molecule has 0 radical (unpaired) electrons. The average Bonchev–Trinajstić information content (AvgIpc) is 2.14. The van der Waals surface area contributed by atoms with E-state index in [0.29, 0.717) is 6.67 Å². The van der Waals surface area contributed by atoms with E-state index in [1.54, 1.807) is 0 Å². The van der Waals surface area contributed by atoms with Gasteiger partial charge in [0, 0.05) is 0 Å². The molecule has 0 unspecified atom stereocenters. The highest BCUT2D eigenvalue weighted by atomic mass is 31.1. The second kappa shape index (κ2) is 2.30. The quantitative estimate of drug-likeness (QED) is 0.387. The van der Waals surface area contributed by atoms with Crippen LogP contribution in [0.15, 0.2) is 0 Å². The molecule has 1 aliphatic heterocycles. The van der Waals surface area contributed by atoms with Gasteiger partial charge in [0.05, 0.1) is 6.67 Å². The summed E-state index contributed by atoms with van der Waals surface area (Å²) in [7, 11) is -0.0309. The summed E-state index contributed by atoms with van der Waals surface area (Å²) in [6.07, 6.45) is 0. The van der Waals surface area contributed by atoms with Crippen LogP contribution >= 0.6 is 8.61 Å². The molecule has 0 amide bonds. The van der Waals surface area contributed by atoms with E-state index in [1.807, 2.05) is 0 Å². The highest BCUT2D eigenvalue weighted by Gasteiger charge is 2.06. The third kappa shape index (κ3) is 1.15. The van der Waals surface area contributed by atoms with Crippen molar-refractivity contribution in [2.75, 3.05) is 6.67 Å². The number of hydrazine groups is 3. The van der Waals surface area contributed by atoms with Crippen molar-refractivity contribution in [3.05, 3.63) is 0 Å². The molecule has 7 heavy (non-hydrogen) atoms. The molecule has 0 aromatic rings. The summed E-state index contributed by atoms with van der Waals surface area (Å²) >= 11 is 0. The van der Waals surface area contributed by atoms with Gasteiger partial charge in [-0.05, 0) is 0 Å². The lowest BCUT2D eigenvalue weighted by Gasteiger charge is -1.95. The van der Waals surface area contributed by atoms with E-state index >= 15 is 0 Å². The third-order valence-corrected chi connectivity index (χ3v) is 1.04. The Balaban J connectivity index is 2.26. The molecule has 0 saturated carbocycles. The molecule has 1 saturated heterocycles. The SMILES string of the molecule is O=PN1CNNN1. The van der Waals surface area contributed by atoms with Crippen LogP contribution in [0.1, 0.15) is 0 Å². The Morgan fingerprint density at radius 1 is 1.71 bits per heavy atom. The smallest absolute Gasteiger partial charge is 0.254 e. The minimum atomic E-state index is -0.0309. The second-order valence-electron chi connectivity index (χ2n) is 1.05. The van der Waals surface area contributed by atoms with Gasteiger partial charge in [-0.3, -0.25) is 4.57 Å². The summed E-state index contributed by atoms with van der Waals surface area (Å²) < 4.78 is 11.3. The van der Waals surface area contributed by atoms with Crippen molar-refractivity contribution in [2.45, 2.75) is 0 Å². The van der Waals surface area contributed by atoms with Crippen molar-refractivity contribution in [2.24, 2.45) is 0 Å². The monoisotopic (exact) mass is 120 g/mol. The zero-order chi connectivity index (χ0) is 5.11. The maximum atomic E-state index is 9.89. The van der Waals surface area contributed by atoms with E-state index in [1.165, 1.54) is 4.78 Å². The zero-order valence-electron chi connectivity index (χ0n) is 3.51. The summed E-state index contributed by atoms with van der Waals surface area (Å²) in [6.45, 7) is 0.547. The molecule has 5 nitrogen and oxygen atoms in total. The summed E-state index contributed by atoms with van der Waals surface area (Å²) in [5.41, 5.74) is 7.78. The molecule has 0 aromatic carbocycles. The van der Waals surface area contributed by atoms with Crippen LogP contribution in [0.4, 0.5) is 0 Å². The third-order valence-electron chi connectivity index (χ3n) is 0.601. The first kappa shape index (κ1) is 5.08. The summed E-state index contributed by atoms with van der Waals surface area (Å²) in [5.74, 6) is 0. The topological polar surface area (TPSA) is 56.4 Å². The van der Waals surface area contributed by atoms with Crippen molar-refractivity contribution in [1.29, 1.82) is 0 Å². The minimum absolute atomic E-state index is 0.0309. The maximum Gasteiger partial charge on any atom is 0.266 e. The molecule has 3 N–H and O–H groups in total. The van der Waals surface area contributed by atoms with Gasteiger partial charge in [0.1, 0.15) is 0 Å². The molecule has 0 atom stereocenters. The number of hydrogen-bond donors (Lipinski definition) is 3. The highest BCUT2D eigenvalue weighted by Crippen LogP contribution is 1.96. The van der Waals surface area contributed by atoms with E-state index in [0.717, 1.165) is 0 Å². The Hall–Kier alpha value is -0.0600. The average molecular weight is 120 g/mol. The van der Waals surface area contributed by atoms with E-state index in [4.69, 9.17) is 0 Å². The first-order valence-electron chi connectivity index (χ1n) is 1.78. The van der Waals surface area contributed by atoms with Gasteiger partial charge in [-0.1, -0.05) is 0 Å². The predicted molar refractivity (Wildman–Crippen MR) is 23.7 cm³/mol. The standard InChI is InChI=1S/CH5N4OP/c6-7-5-1-2-3-4-5/h2-4H,1H2. The van der Waals surface area contributed by atoms with Gasteiger partial charge in [0.2, 0.25) is 0 Å². The fourth-order valence-corrected chi connectivity index (χ4v) is 0.527. The molecule has 0 aliphatic carbocycles. The Morgan fingerprint density at radius 3 is 2.86 bits per heavy atom. The highest BCUT2D eigenvalue weighted by molar-refractivity contribution is 7.20. The van der Waals surface area contributed by atoms with Gasteiger partial charge in [-0.25, -0.2) is 5.43 Å². The Bertz CT molecular complexity index is 70.1. The lowest BCUT2D eigenvalue weighted by molar-refractivity contribution is 0.390. The van der Waals surface area contributed by atoms with Crippen molar-refractivity contribution in [3.8, 4) is 0 Å². The Kier molecular flexibility index (Phi) is 1.67. The number of nitrogens with one attached hydrogen (secondary N) is 3. The normalized spacial score (nSPS) is 24.0. The Labute approximate surface area is 42.2 Å². The van der Waals surface area contributed by atoms with Gasteiger partial charge in [-0.2, -0.15) is 11.1 Å². The van der Waals surface area contributed by atoms with E-state index in [-0.39, 0.29) is 8.61 Å². The lowest BCUT2D eigenvalue weighted by atomic mass is 11.2. The first-order chi connectivity index (χ1) is 3.43. The zero-order valence-corrected chi connectivity index (χ0v) is 4.40. The molecule has 0 aromatic heterocycles. The van der Waals surface area contributed by atoms with Gasteiger partial charge in [0.25, 0.3) is 8.61 Å². The van der Waals surface area contributed by atoms with Crippen molar-refractivity contribution in [1.82, 2.24) is 21.3 Å². The van der Waals surface area contributed by atoms with E-state index in [2.05, 4.69) is 16.5 Å². The van der Waals surface area contributed by atoms with Crippen LogP contribution in [0.3, 0.4) is 0 Å². The van der Waals surface area contributed by atoms with Crippen LogP contribution in [0.25, 0.3) is 0 Å². The van der Waals surface area contributed by atoms with Gasteiger partial charge >= 0.3 is 0 Å². The molecule has 1 aliphatic rings. The van der Waals surface area contributed by atoms with Crippen molar-refractivity contribution >= 4 is 8.61 Å². The molecule has 1 heterocycles. The number of rotatable bonds is 1. The molecule has 6 heteroatoms. The molecular formula is CH5N4OP. The molecule has 1 fully saturated rings. The molecule has 0 spiro atoms.